The molecule has 0 radical (unpaired) electrons. The van der Waals surface area contributed by atoms with E-state index in [0.717, 1.165) is 67.1 Å². The van der Waals surface area contributed by atoms with Crippen LogP contribution in [0.15, 0.2) is 47.3 Å². The van der Waals surface area contributed by atoms with Crippen molar-refractivity contribution >= 4 is 10.9 Å². The predicted molar refractivity (Wildman–Crippen MR) is 148 cm³/mol. The van der Waals surface area contributed by atoms with Crippen LogP contribution in [0.2, 0.25) is 0 Å². The quantitative estimate of drug-likeness (QED) is 0.388. The number of tetrazole rings is 1. The molecule has 0 saturated carbocycles. The van der Waals surface area contributed by atoms with Gasteiger partial charge in [0.2, 0.25) is 6.79 Å². The predicted octanol–water partition coefficient (Wildman–Crippen LogP) is 3.60. The zero-order valence-corrected chi connectivity index (χ0v) is 23.0. The lowest BCUT2D eigenvalue weighted by Crippen LogP contribution is -2.49. The molecule has 10 nitrogen and oxygen atoms in total. The second-order valence-electron chi connectivity index (χ2n) is 11.1. The molecule has 2 aromatic carbocycles. The van der Waals surface area contributed by atoms with Crippen LogP contribution in [-0.4, -0.2) is 68.0 Å². The normalized spacial score (nSPS) is 17.1. The molecule has 2 aliphatic rings. The van der Waals surface area contributed by atoms with Crippen molar-refractivity contribution in [1.82, 2.24) is 35.0 Å². The van der Waals surface area contributed by atoms with Crippen LogP contribution in [0.4, 0.5) is 0 Å². The summed E-state index contributed by atoms with van der Waals surface area (Å²) in [5, 5.41) is 14.0. The summed E-state index contributed by atoms with van der Waals surface area (Å²) >= 11 is 0. The smallest absolute Gasteiger partial charge is 0.253 e. The molecule has 2 aliphatic heterocycles. The van der Waals surface area contributed by atoms with E-state index in [1.54, 1.807) is 0 Å². The van der Waals surface area contributed by atoms with Gasteiger partial charge in [0.1, 0.15) is 6.04 Å². The highest BCUT2D eigenvalue weighted by Crippen LogP contribution is 2.34. The molecule has 1 atom stereocenters. The average molecular weight is 530 g/mol. The van der Waals surface area contributed by atoms with Crippen LogP contribution in [0.3, 0.4) is 0 Å². The molecule has 4 heterocycles. The van der Waals surface area contributed by atoms with Gasteiger partial charge in [0, 0.05) is 38.3 Å². The van der Waals surface area contributed by atoms with Gasteiger partial charge in [0.25, 0.3) is 5.56 Å². The zero-order chi connectivity index (χ0) is 27.1. The van der Waals surface area contributed by atoms with Crippen molar-refractivity contribution in [2.75, 3.05) is 33.0 Å². The van der Waals surface area contributed by atoms with Gasteiger partial charge in [-0.1, -0.05) is 31.2 Å². The molecule has 6 rings (SSSR count). The van der Waals surface area contributed by atoms with Gasteiger partial charge in [-0.3, -0.25) is 14.6 Å². The third-order valence-corrected chi connectivity index (χ3v) is 8.20. The minimum Gasteiger partial charge on any atom is -0.454 e. The first kappa shape index (κ1) is 25.5. The van der Waals surface area contributed by atoms with Crippen LogP contribution in [-0.2, 0) is 12.1 Å². The molecule has 0 bridgehead atoms. The number of benzene rings is 2. The van der Waals surface area contributed by atoms with E-state index in [1.807, 2.05) is 41.9 Å². The first-order chi connectivity index (χ1) is 18.8. The Hall–Kier alpha value is -3.76. The maximum absolute atomic E-state index is 13.6. The molecule has 10 heteroatoms. The Morgan fingerprint density at radius 1 is 1.05 bits per heavy atom. The summed E-state index contributed by atoms with van der Waals surface area (Å²) in [6.07, 6.45) is 0.855. The Morgan fingerprint density at radius 3 is 2.64 bits per heavy atom. The summed E-state index contributed by atoms with van der Waals surface area (Å²) in [7, 11) is 0. The van der Waals surface area contributed by atoms with Crippen molar-refractivity contribution in [3.8, 4) is 11.5 Å². The van der Waals surface area contributed by atoms with Gasteiger partial charge < -0.3 is 14.5 Å². The summed E-state index contributed by atoms with van der Waals surface area (Å²) < 4.78 is 12.9. The lowest BCUT2D eigenvalue weighted by Gasteiger charge is -2.39. The third kappa shape index (κ3) is 4.79. The molecule has 2 aromatic heterocycles. The molecule has 0 aliphatic carbocycles. The summed E-state index contributed by atoms with van der Waals surface area (Å²) in [6, 6.07) is 13.9. The Kier molecular flexibility index (Phi) is 6.60. The molecular formula is C29H35N7O3. The zero-order valence-electron chi connectivity index (χ0n) is 23.0. The minimum atomic E-state index is -0.368. The Bertz CT molecular complexity index is 1550. The summed E-state index contributed by atoms with van der Waals surface area (Å²) in [6.45, 7) is 12.8. The number of para-hydroxylation sites is 1. The van der Waals surface area contributed by atoms with E-state index in [1.165, 1.54) is 5.56 Å². The van der Waals surface area contributed by atoms with Crippen LogP contribution in [0, 0.1) is 6.92 Å². The SMILES string of the molecule is CCC(C)(C)n1nnnc1[C@@H](c1cc2cccc(C)c2[nH]c1=O)N1CCN(Cc2ccc3c(c2)OCO3)CC1. The van der Waals surface area contributed by atoms with Crippen LogP contribution < -0.4 is 15.0 Å². The fourth-order valence-electron chi connectivity index (χ4n) is 5.53. The number of pyridine rings is 1. The molecule has 1 saturated heterocycles. The van der Waals surface area contributed by atoms with Gasteiger partial charge >= 0.3 is 0 Å². The highest BCUT2D eigenvalue weighted by atomic mass is 16.7. The number of aromatic nitrogens is 5. The molecule has 0 spiro atoms. The van der Waals surface area contributed by atoms with Gasteiger partial charge in [-0.25, -0.2) is 4.68 Å². The van der Waals surface area contributed by atoms with E-state index in [0.29, 0.717) is 11.4 Å². The molecule has 0 unspecified atom stereocenters. The van der Waals surface area contributed by atoms with Gasteiger partial charge in [-0.2, -0.15) is 0 Å². The third-order valence-electron chi connectivity index (χ3n) is 8.20. The Balaban J connectivity index is 1.32. The van der Waals surface area contributed by atoms with Crippen molar-refractivity contribution in [3.05, 3.63) is 75.3 Å². The van der Waals surface area contributed by atoms with Crippen molar-refractivity contribution in [1.29, 1.82) is 0 Å². The summed E-state index contributed by atoms with van der Waals surface area (Å²) in [5.41, 5.74) is 3.38. The topological polar surface area (TPSA) is 101 Å². The van der Waals surface area contributed by atoms with E-state index in [9.17, 15) is 4.79 Å². The highest BCUT2D eigenvalue weighted by Gasteiger charge is 2.35. The van der Waals surface area contributed by atoms with Crippen LogP contribution in [0.5, 0.6) is 11.5 Å². The van der Waals surface area contributed by atoms with E-state index < -0.39 is 0 Å². The Labute approximate surface area is 227 Å². The number of nitrogens with zero attached hydrogens (tertiary/aromatic N) is 6. The molecule has 1 fully saturated rings. The van der Waals surface area contributed by atoms with Crippen molar-refractivity contribution in [2.24, 2.45) is 0 Å². The van der Waals surface area contributed by atoms with Gasteiger partial charge in [-0.05, 0) is 72.3 Å². The number of hydrogen-bond acceptors (Lipinski definition) is 8. The average Bonchev–Trinajstić information content (AvgIpc) is 3.61. The van der Waals surface area contributed by atoms with Crippen LogP contribution in [0.1, 0.15) is 55.7 Å². The number of rotatable bonds is 7. The number of fused-ring (bicyclic) bond motifs is 2. The molecule has 204 valence electrons. The minimum absolute atomic E-state index is 0.103. The van der Waals surface area contributed by atoms with Crippen LogP contribution in [0.25, 0.3) is 10.9 Å². The second kappa shape index (κ2) is 10.1. The number of aromatic amines is 1. The molecule has 1 N–H and O–H groups in total. The van der Waals surface area contributed by atoms with E-state index >= 15 is 0 Å². The van der Waals surface area contributed by atoms with Gasteiger partial charge in [0.15, 0.2) is 17.3 Å². The maximum Gasteiger partial charge on any atom is 0.253 e. The standard InChI is InChI=1S/C29H35N7O3/c1-5-29(3,4)36-27(31-32-33-36)26(22-16-21-8-6-7-19(2)25(21)30-28(22)37)35-13-11-34(12-14-35)17-20-9-10-23-24(15-20)39-18-38-23/h6-10,15-16,26H,5,11-14,17-18H2,1-4H3,(H,30,37)/t26-/m1/s1. The second-order valence-corrected chi connectivity index (χ2v) is 11.1. The van der Waals surface area contributed by atoms with Gasteiger partial charge in [0.05, 0.1) is 11.1 Å². The first-order valence-electron chi connectivity index (χ1n) is 13.6. The number of nitrogens with one attached hydrogen (secondary N) is 1. The largest absolute Gasteiger partial charge is 0.454 e. The fraction of sp³-hybridized carbons (Fsp3) is 0.448. The molecule has 4 aromatic rings. The maximum atomic E-state index is 13.6. The summed E-state index contributed by atoms with van der Waals surface area (Å²) in [5.74, 6) is 2.31. The lowest BCUT2D eigenvalue weighted by atomic mass is 9.98. The number of ether oxygens (including phenoxy) is 2. The molecule has 0 amide bonds. The van der Waals surface area contributed by atoms with Crippen LogP contribution >= 0.6 is 0 Å². The van der Waals surface area contributed by atoms with E-state index in [4.69, 9.17) is 9.47 Å². The number of H-pyrrole nitrogens is 1. The highest BCUT2D eigenvalue weighted by molar-refractivity contribution is 5.82. The van der Waals surface area contributed by atoms with E-state index in [2.05, 4.69) is 63.2 Å². The van der Waals surface area contributed by atoms with Crippen molar-refractivity contribution < 1.29 is 9.47 Å². The van der Waals surface area contributed by atoms with Crippen molar-refractivity contribution in [2.45, 2.75) is 52.2 Å². The monoisotopic (exact) mass is 529 g/mol. The Morgan fingerprint density at radius 2 is 1.85 bits per heavy atom. The number of piperazine rings is 1. The number of aryl methyl sites for hydroxylation is 1. The molecular weight excluding hydrogens is 494 g/mol. The first-order valence-corrected chi connectivity index (χ1v) is 13.6. The molecule has 39 heavy (non-hydrogen) atoms. The van der Waals surface area contributed by atoms with Gasteiger partial charge in [-0.15, -0.1) is 5.10 Å². The fourth-order valence-corrected chi connectivity index (χ4v) is 5.53. The van der Waals surface area contributed by atoms with E-state index in [-0.39, 0.29) is 23.9 Å². The van der Waals surface area contributed by atoms with Crippen molar-refractivity contribution in [3.63, 3.8) is 0 Å². The lowest BCUT2D eigenvalue weighted by molar-refractivity contribution is 0.0968. The number of hydrogen-bond donors (Lipinski definition) is 1. The summed E-state index contributed by atoms with van der Waals surface area (Å²) in [4.78, 5) is 21.5.